The predicted octanol–water partition coefficient (Wildman–Crippen LogP) is 2.39. The van der Waals surface area contributed by atoms with E-state index in [9.17, 15) is 18.0 Å². The molecule has 31 heavy (non-hydrogen) atoms. The number of ether oxygens (including phenoxy) is 1. The topological polar surface area (TPSA) is 129 Å². The van der Waals surface area contributed by atoms with Gasteiger partial charge >= 0.3 is 5.97 Å². The molecule has 2 N–H and O–H groups in total. The maximum absolute atomic E-state index is 12.9. The summed E-state index contributed by atoms with van der Waals surface area (Å²) in [4.78, 5) is 25.1. The zero-order valence-electron chi connectivity index (χ0n) is 16.9. The first-order valence-electron chi connectivity index (χ1n) is 9.32. The summed E-state index contributed by atoms with van der Waals surface area (Å²) < 4.78 is 33.1. The fourth-order valence-electron chi connectivity index (χ4n) is 3.01. The Morgan fingerprint density at radius 3 is 2.65 bits per heavy atom. The van der Waals surface area contributed by atoms with Crippen molar-refractivity contribution in [3.05, 3.63) is 59.8 Å². The molecule has 9 nitrogen and oxygen atoms in total. The summed E-state index contributed by atoms with van der Waals surface area (Å²) in [6, 6.07) is 12.7. The van der Waals surface area contributed by atoms with Crippen molar-refractivity contribution in [2.75, 3.05) is 28.6 Å². The van der Waals surface area contributed by atoms with Gasteiger partial charge in [0.15, 0.2) is 5.57 Å². The summed E-state index contributed by atoms with van der Waals surface area (Å²) >= 11 is 0. The van der Waals surface area contributed by atoms with Gasteiger partial charge in [0, 0.05) is 18.9 Å². The smallest absolute Gasteiger partial charge is 0.350 e. The maximum atomic E-state index is 12.9. The molecule has 0 saturated carbocycles. The van der Waals surface area contributed by atoms with Crippen molar-refractivity contribution in [3.63, 3.8) is 0 Å². The lowest BCUT2D eigenvalue weighted by atomic mass is 10.2. The van der Waals surface area contributed by atoms with E-state index in [1.54, 1.807) is 44.3 Å². The molecule has 0 atom stereocenters. The third-order valence-corrected chi connectivity index (χ3v) is 5.96. The summed E-state index contributed by atoms with van der Waals surface area (Å²) in [6.45, 7) is 1.74. The summed E-state index contributed by atoms with van der Waals surface area (Å²) in [7, 11) is -2.32. The van der Waals surface area contributed by atoms with Crippen LogP contribution >= 0.6 is 0 Å². The van der Waals surface area contributed by atoms with Gasteiger partial charge in [-0.3, -0.25) is 9.52 Å². The number of nitrogens with one attached hydrogen (secondary N) is 2. The SMILES string of the molecule is CCOC(=O)/C(C#N)=C/Nc1ccccc1NS(=O)(=O)c1ccc2c(c1)CC(=O)N2C. The Labute approximate surface area is 180 Å². The van der Waals surface area contributed by atoms with Crippen LogP contribution in [0.3, 0.4) is 0 Å². The number of hydrogen-bond acceptors (Lipinski definition) is 7. The van der Waals surface area contributed by atoms with Crippen LogP contribution in [0.2, 0.25) is 0 Å². The van der Waals surface area contributed by atoms with Gasteiger partial charge in [-0.2, -0.15) is 5.26 Å². The van der Waals surface area contributed by atoms with Gasteiger partial charge in [-0.1, -0.05) is 12.1 Å². The van der Waals surface area contributed by atoms with E-state index in [0.29, 0.717) is 16.9 Å². The fraction of sp³-hybridized carbons (Fsp3) is 0.190. The molecule has 0 aliphatic carbocycles. The van der Waals surface area contributed by atoms with Crippen LogP contribution in [0.15, 0.2) is 59.1 Å². The number of nitrogens with zero attached hydrogens (tertiary/aromatic N) is 2. The highest BCUT2D eigenvalue weighted by molar-refractivity contribution is 7.92. The molecule has 0 bridgehead atoms. The molecular weight excluding hydrogens is 420 g/mol. The monoisotopic (exact) mass is 440 g/mol. The Bertz CT molecular complexity index is 1210. The van der Waals surface area contributed by atoms with E-state index in [0.717, 1.165) is 6.20 Å². The first-order valence-corrected chi connectivity index (χ1v) is 10.8. The highest BCUT2D eigenvalue weighted by atomic mass is 32.2. The Balaban J connectivity index is 1.85. The molecule has 1 amide bonds. The number of rotatable bonds is 7. The number of esters is 1. The van der Waals surface area contributed by atoms with Gasteiger partial charge in [0.2, 0.25) is 5.91 Å². The van der Waals surface area contributed by atoms with E-state index in [1.807, 2.05) is 0 Å². The first-order chi connectivity index (χ1) is 14.8. The van der Waals surface area contributed by atoms with E-state index < -0.39 is 16.0 Å². The number of nitriles is 1. The van der Waals surface area contributed by atoms with Gasteiger partial charge in [-0.25, -0.2) is 13.2 Å². The van der Waals surface area contributed by atoms with Gasteiger partial charge in [0.1, 0.15) is 6.07 Å². The van der Waals surface area contributed by atoms with Crippen molar-refractivity contribution in [2.45, 2.75) is 18.2 Å². The molecule has 160 valence electrons. The van der Waals surface area contributed by atoms with Crippen LogP contribution in [0.1, 0.15) is 12.5 Å². The molecule has 0 saturated heterocycles. The minimum Gasteiger partial charge on any atom is -0.462 e. The highest BCUT2D eigenvalue weighted by Gasteiger charge is 2.26. The second-order valence-electron chi connectivity index (χ2n) is 6.61. The number of amides is 1. The summed E-state index contributed by atoms with van der Waals surface area (Å²) in [5.74, 6) is -0.887. The lowest BCUT2D eigenvalue weighted by Gasteiger charge is -2.14. The number of carbonyl (C=O) groups excluding carboxylic acids is 2. The molecule has 0 fully saturated rings. The molecular formula is C21H20N4O5S. The summed E-state index contributed by atoms with van der Waals surface area (Å²) in [6.07, 6.45) is 1.30. The molecule has 3 rings (SSSR count). The molecule has 0 unspecified atom stereocenters. The van der Waals surface area contributed by atoms with Crippen molar-refractivity contribution < 1.29 is 22.7 Å². The lowest BCUT2D eigenvalue weighted by molar-refractivity contribution is -0.138. The largest absolute Gasteiger partial charge is 0.462 e. The summed E-state index contributed by atoms with van der Waals surface area (Å²) in [5.41, 5.74) is 1.61. The van der Waals surface area contributed by atoms with E-state index in [-0.39, 0.29) is 35.1 Å². The van der Waals surface area contributed by atoms with Crippen LogP contribution in [0, 0.1) is 11.3 Å². The quantitative estimate of drug-likeness (QED) is 0.384. The minimum absolute atomic E-state index is 0.0175. The normalized spacial score (nSPS) is 13.4. The molecule has 1 heterocycles. The molecule has 2 aromatic rings. The van der Waals surface area contributed by atoms with Gasteiger partial charge in [0.05, 0.1) is 29.3 Å². The van der Waals surface area contributed by atoms with E-state index in [1.165, 1.54) is 23.1 Å². The Morgan fingerprint density at radius 1 is 1.26 bits per heavy atom. The zero-order valence-corrected chi connectivity index (χ0v) is 17.7. The zero-order chi connectivity index (χ0) is 22.6. The van der Waals surface area contributed by atoms with E-state index in [2.05, 4.69) is 10.0 Å². The van der Waals surface area contributed by atoms with Gasteiger partial charge < -0.3 is 15.0 Å². The van der Waals surface area contributed by atoms with Crippen molar-refractivity contribution in [1.29, 1.82) is 5.26 Å². The molecule has 1 aliphatic rings. The Morgan fingerprint density at radius 2 is 1.97 bits per heavy atom. The molecule has 1 aliphatic heterocycles. The number of benzene rings is 2. The minimum atomic E-state index is -3.96. The Kier molecular flexibility index (Phi) is 6.27. The second-order valence-corrected chi connectivity index (χ2v) is 8.29. The molecule has 10 heteroatoms. The molecule has 2 aromatic carbocycles. The van der Waals surface area contributed by atoms with Crippen molar-refractivity contribution in [2.24, 2.45) is 0 Å². The predicted molar refractivity (Wildman–Crippen MR) is 115 cm³/mol. The number of fused-ring (bicyclic) bond motifs is 1. The van der Waals surface area contributed by atoms with Crippen LogP contribution < -0.4 is 14.9 Å². The third kappa shape index (κ3) is 4.67. The van der Waals surface area contributed by atoms with Crippen molar-refractivity contribution >= 4 is 39.0 Å². The second kappa shape index (κ2) is 8.89. The van der Waals surface area contributed by atoms with Crippen LogP contribution in [0.25, 0.3) is 0 Å². The third-order valence-electron chi connectivity index (χ3n) is 4.60. The van der Waals surface area contributed by atoms with Crippen molar-refractivity contribution in [1.82, 2.24) is 0 Å². The number of likely N-dealkylation sites (N-methyl/N-ethyl adjacent to an activating group) is 1. The number of sulfonamides is 1. The average Bonchev–Trinajstić information content (AvgIpc) is 3.03. The number of para-hydroxylation sites is 2. The maximum Gasteiger partial charge on any atom is 0.350 e. The van der Waals surface area contributed by atoms with Gasteiger partial charge in [-0.05, 0) is 42.8 Å². The molecule has 0 spiro atoms. The number of carbonyl (C=O) groups is 2. The highest BCUT2D eigenvalue weighted by Crippen LogP contribution is 2.31. The number of hydrogen-bond donors (Lipinski definition) is 2. The Hall–Kier alpha value is -3.84. The van der Waals surface area contributed by atoms with Crippen LogP contribution in [-0.2, 0) is 30.8 Å². The molecule has 0 aromatic heterocycles. The van der Waals surface area contributed by atoms with Crippen LogP contribution in [0.5, 0.6) is 0 Å². The van der Waals surface area contributed by atoms with Gasteiger partial charge in [0.25, 0.3) is 10.0 Å². The van der Waals surface area contributed by atoms with E-state index >= 15 is 0 Å². The lowest BCUT2D eigenvalue weighted by Crippen LogP contribution is -2.20. The standard InChI is InChI=1S/C21H20N4O5S/c1-3-30-21(27)15(12-22)13-23-17-6-4-5-7-18(17)24-31(28,29)16-8-9-19-14(10-16)11-20(26)25(19)2/h4-10,13,23-24H,3,11H2,1-2H3/b15-13+. The van der Waals surface area contributed by atoms with Crippen LogP contribution in [-0.4, -0.2) is 33.9 Å². The average molecular weight is 440 g/mol. The fourth-order valence-corrected chi connectivity index (χ4v) is 4.14. The van der Waals surface area contributed by atoms with Crippen LogP contribution in [0.4, 0.5) is 17.1 Å². The first kappa shape index (κ1) is 21.9. The molecule has 0 radical (unpaired) electrons. The van der Waals surface area contributed by atoms with Gasteiger partial charge in [-0.15, -0.1) is 0 Å². The van der Waals surface area contributed by atoms with Crippen molar-refractivity contribution in [3.8, 4) is 6.07 Å². The number of anilines is 3. The van der Waals surface area contributed by atoms with E-state index in [4.69, 9.17) is 10.00 Å². The summed E-state index contributed by atoms with van der Waals surface area (Å²) in [5, 5.41) is 11.9.